The third-order valence-corrected chi connectivity index (χ3v) is 8.32. The number of rotatable bonds is 15. The Balaban J connectivity index is 0.00000353. The van der Waals surface area contributed by atoms with Crippen LogP contribution in [0.3, 0.4) is 0 Å². The van der Waals surface area contributed by atoms with E-state index >= 15 is 0 Å². The monoisotopic (exact) mass is 742 g/mol. The van der Waals surface area contributed by atoms with Crippen LogP contribution < -0.4 is 105 Å². The SMILES string of the molecule is Cc1[nH]n(-c2ccc(SOOCCS(=O)OO[O-])cc2)c(=O)c1N=Nc1ccc2c(S(=O)(=O)[O-])cccc2c1SOO[O-].[Na+].[Na+].[Na+]. The summed E-state index contributed by atoms with van der Waals surface area (Å²) in [5.74, 6) is -0.160. The van der Waals surface area contributed by atoms with Crippen LogP contribution in [0.4, 0.5) is 11.4 Å². The zero-order valence-electron chi connectivity index (χ0n) is 24.4. The number of hydrogen-bond acceptors (Lipinski definition) is 17. The van der Waals surface area contributed by atoms with Gasteiger partial charge in [0.05, 0.1) is 57.6 Å². The van der Waals surface area contributed by atoms with Crippen LogP contribution in [0.2, 0.25) is 0 Å². The van der Waals surface area contributed by atoms with Gasteiger partial charge in [0.1, 0.15) is 15.8 Å². The van der Waals surface area contributed by atoms with E-state index in [1.165, 1.54) is 28.9 Å². The predicted molar refractivity (Wildman–Crippen MR) is 143 cm³/mol. The fourth-order valence-electron chi connectivity index (χ4n) is 3.58. The first-order valence-electron chi connectivity index (χ1n) is 11.4. The van der Waals surface area contributed by atoms with Gasteiger partial charge in [-0.25, -0.2) is 22.2 Å². The number of aromatic nitrogens is 2. The molecule has 0 radical (unpaired) electrons. The van der Waals surface area contributed by atoms with Crippen LogP contribution in [0.5, 0.6) is 0 Å². The molecule has 1 unspecified atom stereocenters. The van der Waals surface area contributed by atoms with E-state index in [4.69, 9.17) is 9.22 Å². The number of aryl methyl sites for hydroxylation is 1. The summed E-state index contributed by atoms with van der Waals surface area (Å²) < 4.78 is 60.6. The van der Waals surface area contributed by atoms with Crippen LogP contribution in [0.15, 0.2) is 84.3 Å². The normalized spacial score (nSPS) is 12.0. The molecule has 46 heavy (non-hydrogen) atoms. The fraction of sp³-hybridized carbons (Fsp3) is 0.136. The zero-order valence-corrected chi connectivity index (χ0v) is 33.7. The number of hydrogen-bond donors (Lipinski definition) is 1. The maximum absolute atomic E-state index is 13.1. The van der Waals surface area contributed by atoms with Gasteiger partial charge in [-0.05, 0) is 43.3 Å². The van der Waals surface area contributed by atoms with E-state index in [0.29, 0.717) is 28.3 Å². The predicted octanol–water partition coefficient (Wildman–Crippen LogP) is -6.97. The van der Waals surface area contributed by atoms with E-state index in [1.54, 1.807) is 31.2 Å². The van der Waals surface area contributed by atoms with Crippen molar-refractivity contribution in [1.82, 2.24) is 9.78 Å². The van der Waals surface area contributed by atoms with Gasteiger partial charge in [0.15, 0.2) is 16.8 Å². The van der Waals surface area contributed by atoms with Crippen LogP contribution in [0, 0.1) is 6.92 Å². The first kappa shape index (κ1) is 44.0. The summed E-state index contributed by atoms with van der Waals surface area (Å²) in [5.41, 5.74) is 0.294. The summed E-state index contributed by atoms with van der Waals surface area (Å²) in [6.45, 7) is 1.45. The molecule has 1 atom stereocenters. The second-order valence-corrected chi connectivity index (χ2v) is 12.0. The van der Waals surface area contributed by atoms with Gasteiger partial charge < -0.3 is 15.1 Å². The molecule has 1 N–H and O–H groups in total. The molecule has 3 aromatic carbocycles. The van der Waals surface area contributed by atoms with Gasteiger partial charge in [0, 0.05) is 15.7 Å². The Hall–Kier alpha value is -0.0300. The molecule has 0 aliphatic heterocycles. The van der Waals surface area contributed by atoms with E-state index in [9.17, 15) is 32.5 Å². The summed E-state index contributed by atoms with van der Waals surface area (Å²) in [7, 11) is -4.82. The van der Waals surface area contributed by atoms with Gasteiger partial charge in [-0.1, -0.05) is 18.2 Å². The van der Waals surface area contributed by atoms with Gasteiger partial charge >= 0.3 is 88.7 Å². The molecule has 230 valence electrons. The molecule has 1 aromatic heterocycles. The topological polar surface area (TPSA) is 238 Å². The molecule has 0 bridgehead atoms. The van der Waals surface area contributed by atoms with Gasteiger partial charge in [0.2, 0.25) is 0 Å². The van der Waals surface area contributed by atoms with Crippen LogP contribution >= 0.6 is 24.1 Å². The fourth-order valence-corrected chi connectivity index (χ4v) is 5.60. The molecule has 4 aromatic rings. The Kier molecular flexibility index (Phi) is 20.3. The molecule has 0 aliphatic carbocycles. The number of nitrogens with zero attached hydrogens (tertiary/aromatic N) is 3. The second-order valence-electron chi connectivity index (χ2n) is 7.98. The van der Waals surface area contributed by atoms with Crippen molar-refractivity contribution in [3.05, 3.63) is 70.6 Å². The van der Waals surface area contributed by atoms with E-state index in [2.05, 4.69) is 34.1 Å². The first-order valence-corrected chi connectivity index (χ1v) is 15.6. The van der Waals surface area contributed by atoms with E-state index in [1.807, 2.05) is 0 Å². The quantitative estimate of drug-likeness (QED) is 0.0227. The Morgan fingerprint density at radius 2 is 1.65 bits per heavy atom. The van der Waals surface area contributed by atoms with Crippen molar-refractivity contribution in [3.8, 4) is 5.69 Å². The number of fused-ring (bicyclic) bond motifs is 1. The smallest absolute Gasteiger partial charge is 0.744 e. The Morgan fingerprint density at radius 1 is 0.935 bits per heavy atom. The van der Waals surface area contributed by atoms with Crippen molar-refractivity contribution in [1.29, 1.82) is 0 Å². The molecule has 1 heterocycles. The van der Waals surface area contributed by atoms with Crippen molar-refractivity contribution in [2.24, 2.45) is 10.2 Å². The molecule has 0 spiro atoms. The Bertz CT molecular complexity index is 1810. The minimum Gasteiger partial charge on any atom is -0.744 e. The van der Waals surface area contributed by atoms with Crippen molar-refractivity contribution in [3.63, 3.8) is 0 Å². The number of azo groups is 1. The van der Waals surface area contributed by atoms with Crippen LogP contribution in [-0.4, -0.2) is 39.3 Å². The van der Waals surface area contributed by atoms with Crippen molar-refractivity contribution in [2.45, 2.75) is 21.6 Å². The molecule has 0 aliphatic rings. The molecule has 0 saturated carbocycles. The minimum absolute atomic E-state index is 0. The number of H-pyrrole nitrogens is 1. The molecular formula is C22H17N4Na3O13S4. The van der Waals surface area contributed by atoms with Gasteiger partial charge in [-0.3, -0.25) is 20.0 Å². The average molecular weight is 743 g/mol. The maximum atomic E-state index is 13.1. The molecule has 0 saturated heterocycles. The van der Waals surface area contributed by atoms with Crippen LogP contribution in [-0.2, 0) is 49.2 Å². The van der Waals surface area contributed by atoms with E-state index in [0.717, 1.165) is 18.1 Å². The van der Waals surface area contributed by atoms with Gasteiger partial charge in [-0.2, -0.15) is 8.67 Å². The molecule has 17 nitrogen and oxygen atoms in total. The first-order chi connectivity index (χ1) is 20.6. The molecule has 0 fully saturated rings. The standard InChI is InChI=1S/C22H20N4O13S4.3Na/c1-13-20(22(27)26(25-13)14-5-7-15(8-6-14)40-37-34-11-12-42(30)39-36-29)24-23-18-10-9-16-17(21(18)41-38-35-28)3-2-4-19(16)43(31,32)33;;;/h2-10,25,28-29H,11-12H2,1H3,(H,31,32,33);;;/q;3*+1/p-3. The second kappa shape index (κ2) is 21.2. The molecular weight excluding hydrogens is 725 g/mol. The molecule has 4 rings (SSSR count). The van der Waals surface area contributed by atoms with Crippen LogP contribution in [0.1, 0.15) is 5.69 Å². The summed E-state index contributed by atoms with van der Waals surface area (Å²) in [4.78, 5) is 18.2. The number of nitrogens with one attached hydrogen (secondary N) is 1. The average Bonchev–Trinajstić information content (AvgIpc) is 3.27. The van der Waals surface area contributed by atoms with Gasteiger partial charge in [0.25, 0.3) is 5.56 Å². The minimum atomic E-state index is -4.82. The van der Waals surface area contributed by atoms with E-state index in [-0.39, 0.29) is 128 Å². The summed E-state index contributed by atoms with van der Waals surface area (Å²) in [6, 6.07) is 13.1. The molecule has 24 heteroatoms. The van der Waals surface area contributed by atoms with Crippen molar-refractivity contribution < 1.29 is 144 Å². The summed E-state index contributed by atoms with van der Waals surface area (Å²) in [6.07, 6.45) is 0. The van der Waals surface area contributed by atoms with E-state index < -0.39 is 31.7 Å². The number of benzene rings is 3. The Labute approximate surface area is 338 Å². The molecule has 0 amide bonds. The summed E-state index contributed by atoms with van der Waals surface area (Å²) >= 11 is -0.712. The van der Waals surface area contributed by atoms with Crippen molar-refractivity contribution >= 4 is 67.4 Å². The number of aromatic amines is 1. The van der Waals surface area contributed by atoms with Crippen molar-refractivity contribution in [2.75, 3.05) is 12.4 Å². The zero-order chi connectivity index (χ0) is 31.0. The van der Waals surface area contributed by atoms with Crippen LogP contribution in [0.25, 0.3) is 16.5 Å². The summed E-state index contributed by atoms with van der Waals surface area (Å²) in [5, 5.41) is 38.0. The largest absolute Gasteiger partial charge is 1.00 e. The van der Waals surface area contributed by atoms with Gasteiger partial charge in [-0.15, -0.1) is 14.6 Å². The third kappa shape index (κ3) is 11.8. The maximum Gasteiger partial charge on any atom is 1.00 e. The Morgan fingerprint density at radius 3 is 2.30 bits per heavy atom. The third-order valence-electron chi connectivity index (χ3n) is 5.37.